The number of hydrogen-bond donors (Lipinski definition) is 2. The summed E-state index contributed by atoms with van der Waals surface area (Å²) in [5, 5.41) is 12.2. The van der Waals surface area contributed by atoms with Crippen LogP contribution in [-0.4, -0.2) is 76.2 Å². The Balaban J connectivity index is 1.75. The molecule has 1 saturated heterocycles. The van der Waals surface area contributed by atoms with Crippen LogP contribution in [0.3, 0.4) is 0 Å². The number of nitrogens with zero attached hydrogens (tertiary/aromatic N) is 4. The summed E-state index contributed by atoms with van der Waals surface area (Å²) in [5.74, 6) is 0.841. The number of nitrogens with one attached hydrogen (secondary N) is 1. The second-order valence-corrected chi connectivity index (χ2v) is 6.77. The first-order valence-electron chi connectivity index (χ1n) is 8.64. The highest BCUT2D eigenvalue weighted by atomic mass is 16.3. The van der Waals surface area contributed by atoms with Crippen LogP contribution < -0.4 is 5.32 Å². The van der Waals surface area contributed by atoms with E-state index in [1.54, 1.807) is 18.5 Å². The molecule has 1 aliphatic rings. The lowest BCUT2D eigenvalue weighted by Crippen LogP contribution is -2.45. The largest absolute Gasteiger partial charge is 0.392 e. The molecule has 7 heteroatoms. The van der Waals surface area contributed by atoms with E-state index < -0.39 is 0 Å². The van der Waals surface area contributed by atoms with Crippen molar-refractivity contribution in [2.45, 2.75) is 38.8 Å². The summed E-state index contributed by atoms with van der Waals surface area (Å²) >= 11 is 0. The molecule has 0 aliphatic carbocycles. The third kappa shape index (κ3) is 5.81. The summed E-state index contributed by atoms with van der Waals surface area (Å²) in [4.78, 5) is 24.7. The summed E-state index contributed by atoms with van der Waals surface area (Å²) < 4.78 is 0. The number of aliphatic hydroxyl groups is 1. The zero-order chi connectivity index (χ0) is 17.5. The predicted molar refractivity (Wildman–Crippen MR) is 93.6 cm³/mol. The van der Waals surface area contributed by atoms with Crippen molar-refractivity contribution < 1.29 is 9.90 Å². The van der Waals surface area contributed by atoms with Gasteiger partial charge in [0.15, 0.2) is 0 Å². The number of likely N-dealkylation sites (N-methyl/N-ethyl adjacent to an activating group) is 1. The van der Waals surface area contributed by atoms with Crippen molar-refractivity contribution in [3.63, 3.8) is 0 Å². The number of β-amino-alcohol motifs (C(OH)–C–C–N with tert-alkyl or cyclic N) is 1. The normalized spacial score (nSPS) is 19.2. The molecule has 24 heavy (non-hydrogen) atoms. The van der Waals surface area contributed by atoms with Gasteiger partial charge in [-0.25, -0.2) is 9.97 Å². The van der Waals surface area contributed by atoms with Crippen molar-refractivity contribution in [2.75, 3.05) is 38.5 Å². The molecule has 0 saturated carbocycles. The average molecular weight is 335 g/mol. The Labute approximate surface area is 144 Å². The summed E-state index contributed by atoms with van der Waals surface area (Å²) in [6.45, 7) is 7.41. The van der Waals surface area contributed by atoms with E-state index in [0.29, 0.717) is 11.9 Å². The average Bonchev–Trinajstić information content (AvgIpc) is 2.56. The van der Waals surface area contributed by atoms with Crippen LogP contribution in [0.15, 0.2) is 18.5 Å². The van der Waals surface area contributed by atoms with Gasteiger partial charge in [0.1, 0.15) is 0 Å². The highest BCUT2D eigenvalue weighted by molar-refractivity contribution is 5.92. The minimum Gasteiger partial charge on any atom is -0.392 e. The molecule has 0 bridgehead atoms. The number of likely N-dealkylation sites (tertiary alicyclic amines) is 1. The van der Waals surface area contributed by atoms with E-state index in [9.17, 15) is 9.90 Å². The Bertz CT molecular complexity index is 503. The molecule has 1 aromatic rings. The molecule has 2 atom stereocenters. The predicted octanol–water partition coefficient (Wildman–Crippen LogP) is 0.828. The second kappa shape index (κ2) is 9.05. The molecule has 2 N–H and O–H groups in total. The quantitative estimate of drug-likeness (QED) is 0.768. The maximum Gasteiger partial charge on any atom is 0.243 e. The fourth-order valence-corrected chi connectivity index (χ4v) is 3.07. The van der Waals surface area contributed by atoms with Crippen molar-refractivity contribution in [1.82, 2.24) is 19.8 Å². The van der Waals surface area contributed by atoms with Crippen molar-refractivity contribution >= 4 is 11.9 Å². The topological polar surface area (TPSA) is 81.6 Å². The van der Waals surface area contributed by atoms with Gasteiger partial charge in [-0.2, -0.15) is 0 Å². The maximum absolute atomic E-state index is 12.3. The highest BCUT2D eigenvalue weighted by Crippen LogP contribution is 2.19. The third-order valence-corrected chi connectivity index (χ3v) is 4.62. The molecule has 0 radical (unpaired) electrons. The van der Waals surface area contributed by atoms with Gasteiger partial charge in [-0.1, -0.05) is 0 Å². The first-order valence-corrected chi connectivity index (χ1v) is 8.64. The number of carbonyl (C=O) groups is 1. The van der Waals surface area contributed by atoms with Crippen molar-refractivity contribution in [2.24, 2.45) is 5.92 Å². The molecule has 0 aromatic carbocycles. The number of amides is 1. The second-order valence-electron chi connectivity index (χ2n) is 6.77. The molecule has 1 fully saturated rings. The lowest BCUT2D eigenvalue weighted by Gasteiger charge is -2.35. The maximum atomic E-state index is 12.3. The summed E-state index contributed by atoms with van der Waals surface area (Å²) in [6.07, 6.45) is 5.16. The van der Waals surface area contributed by atoms with Gasteiger partial charge in [0.05, 0.1) is 12.1 Å². The monoisotopic (exact) mass is 335 g/mol. The molecular weight excluding hydrogens is 306 g/mol. The number of anilines is 1. The van der Waals surface area contributed by atoms with Gasteiger partial charge in [-0.15, -0.1) is 0 Å². The van der Waals surface area contributed by atoms with Gasteiger partial charge in [0, 0.05) is 25.5 Å². The molecular formula is C17H29N5O2. The highest BCUT2D eigenvalue weighted by Gasteiger charge is 2.25. The van der Waals surface area contributed by atoms with Gasteiger partial charge in [-0.3, -0.25) is 15.0 Å². The van der Waals surface area contributed by atoms with Gasteiger partial charge in [-0.05, 0) is 58.8 Å². The molecule has 7 nitrogen and oxygen atoms in total. The third-order valence-electron chi connectivity index (χ3n) is 4.62. The number of carbonyl (C=O) groups excluding carboxylic acids is 1. The molecule has 2 rings (SSSR count). The van der Waals surface area contributed by atoms with E-state index in [1.165, 1.54) is 0 Å². The van der Waals surface area contributed by atoms with Crippen LogP contribution in [0.1, 0.15) is 26.7 Å². The molecule has 1 aromatic heterocycles. The lowest BCUT2D eigenvalue weighted by atomic mass is 9.95. The molecule has 1 amide bonds. The molecule has 2 heterocycles. The summed E-state index contributed by atoms with van der Waals surface area (Å²) in [7, 11) is 1.98. The Morgan fingerprint density at radius 2 is 2.00 bits per heavy atom. The Morgan fingerprint density at radius 3 is 2.58 bits per heavy atom. The van der Waals surface area contributed by atoms with Crippen molar-refractivity contribution in [3.05, 3.63) is 18.5 Å². The number of hydrogen-bond acceptors (Lipinski definition) is 6. The van der Waals surface area contributed by atoms with Gasteiger partial charge in [0.25, 0.3) is 0 Å². The van der Waals surface area contributed by atoms with Gasteiger partial charge in [0.2, 0.25) is 11.9 Å². The lowest BCUT2D eigenvalue weighted by molar-refractivity contribution is -0.120. The zero-order valence-electron chi connectivity index (χ0n) is 14.9. The molecule has 0 spiro atoms. The van der Waals surface area contributed by atoms with Gasteiger partial charge >= 0.3 is 0 Å². The van der Waals surface area contributed by atoms with E-state index >= 15 is 0 Å². The van der Waals surface area contributed by atoms with Crippen LogP contribution in [0.25, 0.3) is 0 Å². The Hall–Kier alpha value is -1.57. The number of aliphatic hydroxyl groups excluding tert-OH is 1. The standard InChI is InChI=1S/C17H29N5O2/c1-13(23)11-22-9-5-15(6-10-22)12-21(3)14(2)16(24)20-17-18-7-4-8-19-17/h4,7-8,13-15,23H,5-6,9-12H2,1-3H3,(H,18,19,20,24). The SMILES string of the molecule is CC(O)CN1CCC(CN(C)C(C)C(=O)Nc2ncccn2)CC1. The Morgan fingerprint density at radius 1 is 1.38 bits per heavy atom. The van der Waals surface area contributed by atoms with Crippen LogP contribution in [-0.2, 0) is 4.79 Å². The van der Waals surface area contributed by atoms with Crippen molar-refractivity contribution in [3.8, 4) is 0 Å². The van der Waals surface area contributed by atoms with Gasteiger partial charge < -0.3 is 10.0 Å². The number of aromatic nitrogens is 2. The number of rotatable bonds is 7. The van der Waals surface area contributed by atoms with E-state index in [1.807, 2.05) is 20.9 Å². The van der Waals surface area contributed by atoms with Crippen LogP contribution in [0.5, 0.6) is 0 Å². The minimum absolute atomic E-state index is 0.0877. The van der Waals surface area contributed by atoms with Crippen LogP contribution >= 0.6 is 0 Å². The van der Waals surface area contributed by atoms with Crippen LogP contribution in [0.2, 0.25) is 0 Å². The van der Waals surface area contributed by atoms with E-state index in [2.05, 4.69) is 25.1 Å². The molecule has 1 aliphatic heterocycles. The van der Waals surface area contributed by atoms with Crippen LogP contribution in [0, 0.1) is 5.92 Å². The fourth-order valence-electron chi connectivity index (χ4n) is 3.07. The van der Waals surface area contributed by atoms with E-state index in [-0.39, 0.29) is 18.1 Å². The summed E-state index contributed by atoms with van der Waals surface area (Å²) in [5.41, 5.74) is 0. The molecule has 2 unspecified atom stereocenters. The first kappa shape index (κ1) is 18.8. The van der Waals surface area contributed by atoms with Crippen molar-refractivity contribution in [1.29, 1.82) is 0 Å². The van der Waals surface area contributed by atoms with Crippen LogP contribution in [0.4, 0.5) is 5.95 Å². The van der Waals surface area contributed by atoms with E-state index in [4.69, 9.17) is 0 Å². The number of piperidine rings is 1. The zero-order valence-corrected chi connectivity index (χ0v) is 14.9. The first-order chi connectivity index (χ1) is 11.5. The fraction of sp³-hybridized carbons (Fsp3) is 0.706. The summed E-state index contributed by atoms with van der Waals surface area (Å²) in [6, 6.07) is 1.49. The Kier molecular flexibility index (Phi) is 7.08. The van der Waals surface area contributed by atoms with E-state index in [0.717, 1.165) is 39.0 Å². The molecule has 134 valence electrons. The minimum atomic E-state index is -0.270. The smallest absolute Gasteiger partial charge is 0.243 e.